The predicted molar refractivity (Wildman–Crippen MR) is 63.7 cm³/mol. The lowest BCUT2D eigenvalue weighted by Gasteiger charge is -2.08. The van der Waals surface area contributed by atoms with Gasteiger partial charge in [-0.25, -0.2) is 8.42 Å². The van der Waals surface area contributed by atoms with Crippen LogP contribution in [-0.4, -0.2) is 25.1 Å². The smallest absolute Gasteiger partial charge is 0.229 e. The van der Waals surface area contributed by atoms with E-state index in [-0.39, 0.29) is 0 Å². The van der Waals surface area contributed by atoms with Crippen LogP contribution in [0.5, 0.6) is 0 Å². The number of benzene rings is 1. The summed E-state index contributed by atoms with van der Waals surface area (Å²) in [6.45, 7) is 0. The summed E-state index contributed by atoms with van der Waals surface area (Å²) in [5.41, 5.74) is 1.23. The highest BCUT2D eigenvalue weighted by Gasteiger charge is 2.06. The molecule has 84 valence electrons. The molecule has 4 nitrogen and oxygen atoms in total. The van der Waals surface area contributed by atoms with E-state index in [0.29, 0.717) is 11.0 Å². The topological polar surface area (TPSA) is 66.4 Å². The van der Waals surface area contributed by atoms with Crippen LogP contribution in [0.1, 0.15) is 11.7 Å². The van der Waals surface area contributed by atoms with Gasteiger partial charge in [0.25, 0.3) is 0 Å². The molecule has 0 spiro atoms. The zero-order valence-electron chi connectivity index (χ0n) is 8.14. The summed E-state index contributed by atoms with van der Waals surface area (Å²) in [6.07, 6.45) is 0.520. The average molecular weight is 294 g/mol. The van der Waals surface area contributed by atoms with Gasteiger partial charge in [-0.15, -0.1) is 0 Å². The molecule has 0 heterocycles. The normalized spacial score (nSPS) is 13.5. The van der Waals surface area contributed by atoms with Gasteiger partial charge < -0.3 is 5.11 Å². The highest BCUT2D eigenvalue weighted by molar-refractivity contribution is 9.09. The Morgan fingerprint density at radius 2 is 1.93 bits per heavy atom. The Bertz CT molecular complexity index is 415. The number of anilines is 1. The van der Waals surface area contributed by atoms with Crippen molar-refractivity contribution in [2.45, 2.75) is 6.10 Å². The molecule has 0 aliphatic rings. The standard InChI is InChI=1S/C9H12BrNO3S/c1-15(13,14)11-8-4-2-7(3-5-8)9(12)6-10/h2-5,9,11-12H,6H2,1H3. The van der Waals surface area contributed by atoms with E-state index in [1.54, 1.807) is 24.3 Å². The third-order valence-corrected chi connectivity index (χ3v) is 2.96. The van der Waals surface area contributed by atoms with Crippen LogP contribution in [-0.2, 0) is 10.0 Å². The van der Waals surface area contributed by atoms with Crippen molar-refractivity contribution in [2.75, 3.05) is 16.3 Å². The summed E-state index contributed by atoms with van der Waals surface area (Å²) in [4.78, 5) is 0. The van der Waals surface area contributed by atoms with E-state index >= 15 is 0 Å². The molecule has 0 saturated heterocycles. The molecule has 1 unspecified atom stereocenters. The average Bonchev–Trinajstić information content (AvgIpc) is 2.15. The molecule has 2 N–H and O–H groups in total. The zero-order valence-corrected chi connectivity index (χ0v) is 10.5. The number of alkyl halides is 1. The van der Waals surface area contributed by atoms with E-state index in [9.17, 15) is 13.5 Å². The summed E-state index contributed by atoms with van der Waals surface area (Å²) in [5, 5.41) is 9.92. The van der Waals surface area contributed by atoms with E-state index in [2.05, 4.69) is 20.7 Å². The molecular formula is C9H12BrNO3S. The van der Waals surface area contributed by atoms with Crippen LogP contribution in [0.3, 0.4) is 0 Å². The monoisotopic (exact) mass is 293 g/mol. The Kier molecular flexibility index (Phi) is 4.12. The lowest BCUT2D eigenvalue weighted by atomic mass is 10.1. The Labute approximate surface area is 97.5 Å². The van der Waals surface area contributed by atoms with Crippen LogP contribution in [0.2, 0.25) is 0 Å². The van der Waals surface area contributed by atoms with Gasteiger partial charge in [0, 0.05) is 11.0 Å². The molecule has 1 aromatic rings. The van der Waals surface area contributed by atoms with Gasteiger partial charge in [0.1, 0.15) is 0 Å². The summed E-state index contributed by atoms with van der Waals surface area (Å²) >= 11 is 3.16. The molecule has 0 saturated carbocycles. The molecule has 0 bridgehead atoms. The number of aliphatic hydroxyl groups is 1. The first-order valence-corrected chi connectivity index (χ1v) is 7.25. The second-order valence-corrected chi connectivity index (χ2v) is 5.56. The number of sulfonamides is 1. The lowest BCUT2D eigenvalue weighted by Crippen LogP contribution is -2.09. The second-order valence-electron chi connectivity index (χ2n) is 3.17. The van der Waals surface area contributed by atoms with Gasteiger partial charge in [-0.05, 0) is 17.7 Å². The molecule has 0 radical (unpaired) electrons. The minimum absolute atomic E-state index is 0.450. The number of hydrogen-bond donors (Lipinski definition) is 2. The fourth-order valence-corrected chi connectivity index (χ4v) is 2.01. The highest BCUT2D eigenvalue weighted by Crippen LogP contribution is 2.18. The van der Waals surface area contributed by atoms with Crippen molar-refractivity contribution in [3.05, 3.63) is 29.8 Å². The first-order chi connectivity index (χ1) is 6.92. The zero-order chi connectivity index (χ0) is 11.5. The molecule has 0 amide bonds. The van der Waals surface area contributed by atoms with Crippen LogP contribution in [0.4, 0.5) is 5.69 Å². The maximum absolute atomic E-state index is 10.9. The van der Waals surface area contributed by atoms with E-state index in [4.69, 9.17) is 0 Å². The molecule has 1 aromatic carbocycles. The molecule has 0 aliphatic carbocycles. The van der Waals surface area contributed by atoms with Crippen molar-refractivity contribution in [3.63, 3.8) is 0 Å². The molecule has 1 atom stereocenters. The highest BCUT2D eigenvalue weighted by atomic mass is 79.9. The quantitative estimate of drug-likeness (QED) is 0.827. The van der Waals surface area contributed by atoms with Crippen LogP contribution < -0.4 is 4.72 Å². The number of rotatable bonds is 4. The molecule has 6 heteroatoms. The van der Waals surface area contributed by atoms with Gasteiger partial charge in [-0.1, -0.05) is 28.1 Å². The number of nitrogens with one attached hydrogen (secondary N) is 1. The van der Waals surface area contributed by atoms with Gasteiger partial charge in [0.15, 0.2) is 0 Å². The third kappa shape index (κ3) is 4.19. The van der Waals surface area contributed by atoms with Crippen molar-refractivity contribution in [2.24, 2.45) is 0 Å². The molecule has 15 heavy (non-hydrogen) atoms. The van der Waals surface area contributed by atoms with Crippen LogP contribution >= 0.6 is 15.9 Å². The van der Waals surface area contributed by atoms with E-state index in [1.807, 2.05) is 0 Å². The van der Waals surface area contributed by atoms with Crippen LogP contribution in [0.25, 0.3) is 0 Å². The SMILES string of the molecule is CS(=O)(=O)Nc1ccc(C(O)CBr)cc1. The maximum Gasteiger partial charge on any atom is 0.229 e. The lowest BCUT2D eigenvalue weighted by molar-refractivity contribution is 0.205. The Balaban J connectivity index is 2.81. The Hall–Kier alpha value is -0.590. The van der Waals surface area contributed by atoms with E-state index in [0.717, 1.165) is 11.8 Å². The number of hydrogen-bond acceptors (Lipinski definition) is 3. The predicted octanol–water partition coefficient (Wildman–Crippen LogP) is 1.49. The first kappa shape index (κ1) is 12.5. The summed E-state index contributed by atoms with van der Waals surface area (Å²) in [5.74, 6) is 0. The van der Waals surface area contributed by atoms with Crippen molar-refractivity contribution in [3.8, 4) is 0 Å². The minimum Gasteiger partial charge on any atom is -0.388 e. The fourth-order valence-electron chi connectivity index (χ4n) is 1.08. The maximum atomic E-state index is 10.9. The minimum atomic E-state index is -3.24. The molecular weight excluding hydrogens is 282 g/mol. The number of halogens is 1. The fraction of sp³-hybridized carbons (Fsp3) is 0.333. The van der Waals surface area contributed by atoms with E-state index in [1.165, 1.54) is 0 Å². The molecule has 0 aliphatic heterocycles. The summed E-state index contributed by atoms with van der Waals surface area (Å²) in [7, 11) is -3.24. The van der Waals surface area contributed by atoms with E-state index < -0.39 is 16.1 Å². The third-order valence-electron chi connectivity index (χ3n) is 1.74. The Morgan fingerprint density at radius 3 is 2.33 bits per heavy atom. The molecule has 1 rings (SSSR count). The van der Waals surface area contributed by atoms with Crippen LogP contribution in [0.15, 0.2) is 24.3 Å². The molecule has 0 aromatic heterocycles. The first-order valence-electron chi connectivity index (χ1n) is 4.24. The van der Waals surface area contributed by atoms with Crippen molar-refractivity contribution in [1.29, 1.82) is 0 Å². The molecule has 0 fully saturated rings. The summed E-state index contributed by atoms with van der Waals surface area (Å²) in [6, 6.07) is 6.59. The van der Waals surface area contributed by atoms with Crippen molar-refractivity contribution in [1.82, 2.24) is 0 Å². The largest absolute Gasteiger partial charge is 0.388 e. The van der Waals surface area contributed by atoms with Gasteiger partial charge in [0.05, 0.1) is 12.4 Å². The van der Waals surface area contributed by atoms with Crippen LogP contribution in [0, 0.1) is 0 Å². The van der Waals surface area contributed by atoms with Crippen molar-refractivity contribution < 1.29 is 13.5 Å². The van der Waals surface area contributed by atoms with Gasteiger partial charge >= 0.3 is 0 Å². The second kappa shape index (κ2) is 4.96. The van der Waals surface area contributed by atoms with Crippen molar-refractivity contribution >= 4 is 31.6 Å². The Morgan fingerprint density at radius 1 is 1.40 bits per heavy atom. The van der Waals surface area contributed by atoms with Gasteiger partial charge in [-0.2, -0.15) is 0 Å². The summed E-state index contributed by atoms with van der Waals surface area (Å²) < 4.78 is 24.2. The number of aliphatic hydroxyl groups excluding tert-OH is 1. The van der Waals surface area contributed by atoms with Gasteiger partial charge in [-0.3, -0.25) is 4.72 Å². The van der Waals surface area contributed by atoms with Gasteiger partial charge in [0.2, 0.25) is 10.0 Å².